The molecule has 0 aliphatic carbocycles. The van der Waals surface area contributed by atoms with Gasteiger partial charge in [0.05, 0.1) is 16.3 Å². The van der Waals surface area contributed by atoms with Crippen LogP contribution in [0.4, 0.5) is 0 Å². The number of amides is 1. The van der Waals surface area contributed by atoms with E-state index < -0.39 is 0 Å². The van der Waals surface area contributed by atoms with E-state index in [2.05, 4.69) is 27.0 Å². The minimum Gasteiger partial charge on any atom is -0.384 e. The second-order valence-electron chi connectivity index (χ2n) is 4.12. The zero-order valence-electron chi connectivity index (χ0n) is 11.2. The number of nitrogens with one attached hydrogen (secondary N) is 1. The monoisotopic (exact) mass is 290 g/mol. The van der Waals surface area contributed by atoms with E-state index in [9.17, 15) is 4.79 Å². The normalized spacial score (nSPS) is 9.95. The van der Waals surface area contributed by atoms with Gasteiger partial charge < -0.3 is 10.0 Å². The summed E-state index contributed by atoms with van der Waals surface area (Å²) in [6, 6.07) is 3.50. The molecule has 0 radical (unpaired) electrons. The molecule has 0 aromatic carbocycles. The number of carbonyl (C=O) groups is 1. The highest BCUT2D eigenvalue weighted by atomic mass is 32.1. The van der Waals surface area contributed by atoms with Gasteiger partial charge in [0.1, 0.15) is 12.4 Å². The van der Waals surface area contributed by atoms with Crippen LogP contribution in [-0.4, -0.2) is 44.7 Å². The molecule has 7 heteroatoms. The standard InChI is InChI=1S/C13H14N4O2S/c1-9-14-12(16-15-9)8-17(2)13(19)11-6-5-10(20-11)4-3-7-18/h5-6,18H,7-8H2,1-2H3,(H,14,15,16). The van der Waals surface area contributed by atoms with Crippen LogP contribution in [0.25, 0.3) is 0 Å². The predicted molar refractivity (Wildman–Crippen MR) is 75.2 cm³/mol. The molecule has 2 heterocycles. The van der Waals surface area contributed by atoms with Crippen molar-refractivity contribution in [3.8, 4) is 11.8 Å². The zero-order chi connectivity index (χ0) is 14.5. The Labute approximate surface area is 120 Å². The van der Waals surface area contributed by atoms with Crippen molar-refractivity contribution in [1.29, 1.82) is 0 Å². The van der Waals surface area contributed by atoms with Gasteiger partial charge in [0.2, 0.25) is 0 Å². The molecule has 6 nitrogen and oxygen atoms in total. The van der Waals surface area contributed by atoms with Crippen LogP contribution in [0.1, 0.15) is 26.2 Å². The maximum Gasteiger partial charge on any atom is 0.264 e. The number of aliphatic hydroxyl groups excluding tert-OH is 1. The average Bonchev–Trinajstić information content (AvgIpc) is 3.04. The third-order valence-electron chi connectivity index (χ3n) is 2.48. The molecule has 0 atom stereocenters. The number of rotatable bonds is 3. The summed E-state index contributed by atoms with van der Waals surface area (Å²) in [4.78, 5) is 19.3. The quantitative estimate of drug-likeness (QED) is 0.819. The fraction of sp³-hybridized carbons (Fsp3) is 0.308. The van der Waals surface area contributed by atoms with Crippen molar-refractivity contribution < 1.29 is 9.90 Å². The first-order valence-electron chi connectivity index (χ1n) is 5.93. The van der Waals surface area contributed by atoms with Crippen molar-refractivity contribution in [2.75, 3.05) is 13.7 Å². The van der Waals surface area contributed by atoms with Crippen LogP contribution in [0.2, 0.25) is 0 Å². The minimum atomic E-state index is -0.189. The molecule has 2 aromatic heterocycles. The van der Waals surface area contributed by atoms with Crippen LogP contribution < -0.4 is 0 Å². The van der Waals surface area contributed by atoms with Gasteiger partial charge >= 0.3 is 0 Å². The Hall–Kier alpha value is -2.17. The van der Waals surface area contributed by atoms with Gasteiger partial charge in [-0.3, -0.25) is 9.89 Å². The Morgan fingerprint density at radius 1 is 1.55 bits per heavy atom. The van der Waals surface area contributed by atoms with Gasteiger partial charge in [-0.15, -0.1) is 11.3 Å². The summed E-state index contributed by atoms with van der Waals surface area (Å²) >= 11 is 1.30. The third kappa shape index (κ3) is 3.44. The van der Waals surface area contributed by atoms with Gasteiger partial charge in [-0.05, 0) is 19.1 Å². The van der Waals surface area contributed by atoms with Crippen LogP contribution in [0, 0.1) is 18.8 Å². The number of aromatic nitrogens is 3. The number of hydrogen-bond acceptors (Lipinski definition) is 5. The van der Waals surface area contributed by atoms with Crippen molar-refractivity contribution in [3.05, 3.63) is 33.5 Å². The van der Waals surface area contributed by atoms with E-state index in [4.69, 9.17) is 5.11 Å². The van der Waals surface area contributed by atoms with Crippen LogP contribution in [-0.2, 0) is 6.54 Å². The zero-order valence-corrected chi connectivity index (χ0v) is 12.0. The Balaban J connectivity index is 2.04. The van der Waals surface area contributed by atoms with Crippen LogP contribution in [0.3, 0.4) is 0 Å². The predicted octanol–water partition coefficient (Wildman–Crippen LogP) is 0.791. The molecular formula is C13H14N4O2S. The summed E-state index contributed by atoms with van der Waals surface area (Å²) in [5.74, 6) is 6.53. The van der Waals surface area contributed by atoms with Crippen molar-refractivity contribution in [1.82, 2.24) is 20.1 Å². The maximum absolute atomic E-state index is 12.2. The molecule has 1 amide bonds. The topological polar surface area (TPSA) is 82.1 Å². The first-order valence-corrected chi connectivity index (χ1v) is 6.74. The Morgan fingerprint density at radius 3 is 3.00 bits per heavy atom. The molecule has 0 aliphatic rings. The largest absolute Gasteiger partial charge is 0.384 e. The van der Waals surface area contributed by atoms with E-state index in [-0.39, 0.29) is 12.5 Å². The molecule has 2 rings (SSSR count). The Morgan fingerprint density at radius 2 is 2.35 bits per heavy atom. The lowest BCUT2D eigenvalue weighted by Gasteiger charge is -2.13. The molecule has 0 saturated heterocycles. The fourth-order valence-corrected chi connectivity index (χ4v) is 2.45. The Bertz CT molecular complexity index is 665. The van der Waals surface area contributed by atoms with Crippen molar-refractivity contribution in [2.24, 2.45) is 0 Å². The maximum atomic E-state index is 12.2. The molecule has 2 aromatic rings. The second-order valence-corrected chi connectivity index (χ2v) is 5.21. The first-order chi connectivity index (χ1) is 9.60. The fourth-order valence-electron chi connectivity index (χ4n) is 1.58. The van der Waals surface area contributed by atoms with Crippen LogP contribution in [0.15, 0.2) is 12.1 Å². The highest BCUT2D eigenvalue weighted by Crippen LogP contribution is 2.17. The molecule has 2 N–H and O–H groups in total. The number of carbonyl (C=O) groups excluding carboxylic acids is 1. The molecule has 0 aliphatic heterocycles. The van der Waals surface area contributed by atoms with E-state index in [0.717, 1.165) is 10.7 Å². The van der Waals surface area contributed by atoms with Gasteiger partial charge in [-0.1, -0.05) is 11.8 Å². The van der Waals surface area contributed by atoms with Crippen LogP contribution in [0.5, 0.6) is 0 Å². The van der Waals surface area contributed by atoms with Crippen molar-refractivity contribution in [2.45, 2.75) is 13.5 Å². The number of aromatic amines is 1. The summed E-state index contributed by atoms with van der Waals surface area (Å²) in [7, 11) is 1.70. The number of nitrogens with zero attached hydrogens (tertiary/aromatic N) is 3. The molecular weight excluding hydrogens is 276 g/mol. The van der Waals surface area contributed by atoms with Crippen molar-refractivity contribution in [3.63, 3.8) is 0 Å². The van der Waals surface area contributed by atoms with E-state index in [1.807, 2.05) is 6.92 Å². The number of aliphatic hydroxyl groups is 1. The molecule has 0 unspecified atom stereocenters. The van der Waals surface area contributed by atoms with E-state index in [1.54, 1.807) is 24.1 Å². The molecule has 0 spiro atoms. The smallest absolute Gasteiger partial charge is 0.264 e. The van der Waals surface area contributed by atoms with Crippen LogP contribution >= 0.6 is 11.3 Å². The summed E-state index contributed by atoms with van der Waals surface area (Å²) in [5.41, 5.74) is 0. The number of aryl methyl sites for hydroxylation is 1. The van der Waals surface area contributed by atoms with E-state index in [1.165, 1.54) is 11.3 Å². The highest BCUT2D eigenvalue weighted by Gasteiger charge is 2.15. The van der Waals surface area contributed by atoms with E-state index >= 15 is 0 Å². The summed E-state index contributed by atoms with van der Waals surface area (Å²) in [6.45, 7) is 1.97. The molecule has 0 fully saturated rings. The first kappa shape index (κ1) is 14.2. The number of hydrogen-bond donors (Lipinski definition) is 2. The van der Waals surface area contributed by atoms with Gasteiger partial charge in [0.25, 0.3) is 5.91 Å². The molecule has 20 heavy (non-hydrogen) atoms. The van der Waals surface area contributed by atoms with Gasteiger partial charge in [0.15, 0.2) is 5.82 Å². The summed E-state index contributed by atoms with van der Waals surface area (Å²) in [5, 5.41) is 15.4. The number of H-pyrrole nitrogens is 1. The Kier molecular flexibility index (Phi) is 4.50. The SMILES string of the molecule is Cc1nc(CN(C)C(=O)c2ccc(C#CCO)s2)n[nH]1. The second kappa shape index (κ2) is 6.32. The van der Waals surface area contributed by atoms with Crippen molar-refractivity contribution >= 4 is 17.2 Å². The third-order valence-corrected chi connectivity index (χ3v) is 3.46. The molecule has 104 valence electrons. The lowest BCUT2D eigenvalue weighted by molar-refractivity contribution is 0.0786. The lowest BCUT2D eigenvalue weighted by Crippen LogP contribution is -2.26. The summed E-state index contributed by atoms with van der Waals surface area (Å²) in [6.07, 6.45) is 0. The lowest BCUT2D eigenvalue weighted by atomic mass is 10.3. The summed E-state index contributed by atoms with van der Waals surface area (Å²) < 4.78 is 0. The van der Waals surface area contributed by atoms with Gasteiger partial charge in [-0.25, -0.2) is 4.98 Å². The van der Waals surface area contributed by atoms with Gasteiger partial charge in [-0.2, -0.15) is 5.10 Å². The minimum absolute atomic E-state index is 0.102. The van der Waals surface area contributed by atoms with E-state index in [0.29, 0.717) is 17.2 Å². The number of thiophene rings is 1. The molecule has 0 bridgehead atoms. The average molecular weight is 290 g/mol. The molecule has 0 saturated carbocycles. The highest BCUT2D eigenvalue weighted by molar-refractivity contribution is 7.14. The van der Waals surface area contributed by atoms with Gasteiger partial charge in [0, 0.05) is 7.05 Å².